The third kappa shape index (κ3) is 1.79. The highest BCUT2D eigenvalue weighted by Crippen LogP contribution is 2.23. The van der Waals surface area contributed by atoms with Crippen molar-refractivity contribution in [3.05, 3.63) is 18.0 Å². The second kappa shape index (κ2) is 2.82. The van der Waals surface area contributed by atoms with Crippen LogP contribution in [0.3, 0.4) is 0 Å². The van der Waals surface area contributed by atoms with E-state index in [1.807, 2.05) is 0 Å². The summed E-state index contributed by atoms with van der Waals surface area (Å²) in [6.07, 6.45) is 1.38. The van der Waals surface area contributed by atoms with Gasteiger partial charge in [0.2, 0.25) is 0 Å². The van der Waals surface area contributed by atoms with Crippen molar-refractivity contribution in [1.82, 2.24) is 9.78 Å². The van der Waals surface area contributed by atoms with Crippen LogP contribution in [0.5, 0.6) is 0 Å². The van der Waals surface area contributed by atoms with Gasteiger partial charge in [0.1, 0.15) is 5.69 Å². The summed E-state index contributed by atoms with van der Waals surface area (Å²) in [4.78, 5) is 10.7. The molecule has 0 aliphatic heterocycles. The fraction of sp³-hybridized carbons (Fsp3) is 0.333. The molecule has 6 heteroatoms. The van der Waals surface area contributed by atoms with Crippen molar-refractivity contribution in [2.75, 3.05) is 0 Å². The van der Waals surface area contributed by atoms with E-state index in [1.165, 1.54) is 24.0 Å². The smallest absolute Gasteiger partial charge is 0.284 e. The summed E-state index contributed by atoms with van der Waals surface area (Å²) in [7, 11) is 1.52. The third-order valence-corrected chi connectivity index (χ3v) is 1.38. The summed E-state index contributed by atoms with van der Waals surface area (Å²) >= 11 is 4.50. The first kappa shape index (κ1) is 9.12. The molecule has 66 valence electrons. The van der Waals surface area contributed by atoms with E-state index in [0.29, 0.717) is 0 Å². The molecule has 0 atom stereocenters. The fourth-order valence-electron chi connectivity index (χ4n) is 0.681. The van der Waals surface area contributed by atoms with E-state index >= 15 is 0 Å². The number of carbonyl (C=O) groups excluding carboxylic acids is 1. The number of aromatic nitrogens is 2. The monoisotopic (exact) mass is 194 g/mol. The number of alkyl halides is 3. The van der Waals surface area contributed by atoms with Crippen LogP contribution in [-0.4, -0.2) is 20.9 Å². The van der Waals surface area contributed by atoms with Crippen LogP contribution < -0.4 is 0 Å². The first-order valence-corrected chi connectivity index (χ1v) is 3.40. The molecule has 0 N–H and O–H groups in total. The molecule has 1 aromatic heterocycles. The molecule has 0 aliphatic rings. The fourth-order valence-corrected chi connectivity index (χ4v) is 0.778. The molecule has 0 amide bonds. The van der Waals surface area contributed by atoms with Gasteiger partial charge in [-0.15, -0.1) is 0 Å². The molecule has 0 fully saturated rings. The van der Waals surface area contributed by atoms with E-state index in [2.05, 4.69) is 16.7 Å². The lowest BCUT2D eigenvalue weighted by molar-refractivity contribution is 0.0530. The number of hydrogen-bond acceptors (Lipinski definition) is 2. The SMILES string of the molecule is Cn1ccc(C(=O)C(F)(F)Cl)n1. The second-order valence-electron chi connectivity index (χ2n) is 2.20. The van der Waals surface area contributed by atoms with Gasteiger partial charge in [-0.05, 0) is 17.7 Å². The van der Waals surface area contributed by atoms with E-state index in [4.69, 9.17) is 0 Å². The molecule has 0 radical (unpaired) electrons. The van der Waals surface area contributed by atoms with Crippen LogP contribution in [0, 0.1) is 0 Å². The number of rotatable bonds is 2. The van der Waals surface area contributed by atoms with Crippen LogP contribution in [0.25, 0.3) is 0 Å². The summed E-state index contributed by atoms with van der Waals surface area (Å²) in [6, 6.07) is 1.18. The number of carbonyl (C=O) groups is 1. The van der Waals surface area contributed by atoms with Gasteiger partial charge in [-0.2, -0.15) is 13.9 Å². The number of halogens is 3. The van der Waals surface area contributed by atoms with Crippen LogP contribution in [-0.2, 0) is 7.05 Å². The predicted molar refractivity (Wildman–Crippen MR) is 38.3 cm³/mol. The van der Waals surface area contributed by atoms with Crippen molar-refractivity contribution < 1.29 is 13.6 Å². The van der Waals surface area contributed by atoms with E-state index in [9.17, 15) is 13.6 Å². The number of nitrogens with zero attached hydrogens (tertiary/aromatic N) is 2. The van der Waals surface area contributed by atoms with Gasteiger partial charge in [-0.25, -0.2) is 0 Å². The van der Waals surface area contributed by atoms with Crippen LogP contribution in [0.4, 0.5) is 8.78 Å². The van der Waals surface area contributed by atoms with Gasteiger partial charge in [0.25, 0.3) is 5.78 Å². The van der Waals surface area contributed by atoms with Crippen molar-refractivity contribution in [2.24, 2.45) is 7.05 Å². The van der Waals surface area contributed by atoms with Crippen molar-refractivity contribution in [3.8, 4) is 0 Å². The minimum atomic E-state index is -3.87. The molecule has 1 heterocycles. The molecule has 1 aromatic rings. The van der Waals surface area contributed by atoms with E-state index in [-0.39, 0.29) is 5.69 Å². The average Bonchev–Trinajstić information content (AvgIpc) is 2.32. The largest absolute Gasteiger partial charge is 0.386 e. The second-order valence-corrected chi connectivity index (χ2v) is 2.68. The number of ketones is 1. The van der Waals surface area contributed by atoms with Crippen LogP contribution in [0.2, 0.25) is 0 Å². The highest BCUT2D eigenvalue weighted by molar-refractivity contribution is 6.35. The molecule has 12 heavy (non-hydrogen) atoms. The highest BCUT2D eigenvalue weighted by atomic mass is 35.5. The molecule has 0 aromatic carbocycles. The normalized spacial score (nSPS) is 11.7. The van der Waals surface area contributed by atoms with Gasteiger partial charge in [0.15, 0.2) is 0 Å². The maximum atomic E-state index is 12.2. The summed E-state index contributed by atoms with van der Waals surface area (Å²) < 4.78 is 25.6. The zero-order valence-electron chi connectivity index (χ0n) is 6.09. The standard InChI is InChI=1S/C6H5ClF2N2O/c1-11-3-2-4(10-11)5(12)6(7,8)9/h2-3H,1H3. The van der Waals surface area contributed by atoms with Crippen molar-refractivity contribution in [2.45, 2.75) is 5.38 Å². The third-order valence-electron chi connectivity index (χ3n) is 1.20. The van der Waals surface area contributed by atoms with Gasteiger partial charge < -0.3 is 0 Å². The Bertz CT molecular complexity index is 305. The first-order chi connectivity index (χ1) is 5.41. The molecule has 1 rings (SSSR count). The van der Waals surface area contributed by atoms with Crippen LogP contribution >= 0.6 is 11.6 Å². The molecular formula is C6H5ClF2N2O. The molecule has 0 aliphatic carbocycles. The lowest BCUT2D eigenvalue weighted by Gasteiger charge is -2.02. The molecule has 0 bridgehead atoms. The Morgan fingerprint density at radius 2 is 2.33 bits per heavy atom. The molecule has 0 saturated carbocycles. The summed E-state index contributed by atoms with van der Waals surface area (Å²) in [5.41, 5.74) is -0.336. The summed E-state index contributed by atoms with van der Waals surface area (Å²) in [6.45, 7) is 0. The van der Waals surface area contributed by atoms with Gasteiger partial charge in [0, 0.05) is 13.2 Å². The Hall–Kier alpha value is -0.970. The molecule has 3 nitrogen and oxygen atoms in total. The van der Waals surface area contributed by atoms with E-state index in [1.54, 1.807) is 0 Å². The first-order valence-electron chi connectivity index (χ1n) is 3.02. The van der Waals surface area contributed by atoms with Gasteiger partial charge >= 0.3 is 5.38 Å². The Morgan fingerprint density at radius 3 is 2.67 bits per heavy atom. The minimum Gasteiger partial charge on any atom is -0.284 e. The Morgan fingerprint density at radius 1 is 1.75 bits per heavy atom. The van der Waals surface area contributed by atoms with Gasteiger partial charge in [-0.1, -0.05) is 0 Å². The zero-order chi connectivity index (χ0) is 9.35. The summed E-state index contributed by atoms with van der Waals surface area (Å²) in [5.74, 6) is -1.48. The maximum absolute atomic E-state index is 12.2. The number of Topliss-reactive ketones (excluding diaryl/α,β-unsaturated/α-hetero) is 1. The molecule has 0 unspecified atom stereocenters. The lowest BCUT2D eigenvalue weighted by Crippen LogP contribution is -2.22. The Kier molecular flexibility index (Phi) is 2.14. The number of hydrogen-bond donors (Lipinski definition) is 0. The van der Waals surface area contributed by atoms with Crippen molar-refractivity contribution >= 4 is 17.4 Å². The zero-order valence-corrected chi connectivity index (χ0v) is 6.85. The topological polar surface area (TPSA) is 34.9 Å². The Labute approximate surface area is 71.9 Å². The predicted octanol–water partition coefficient (Wildman–Crippen LogP) is 1.43. The van der Waals surface area contributed by atoms with E-state index in [0.717, 1.165) is 0 Å². The molecule has 0 spiro atoms. The quantitative estimate of drug-likeness (QED) is 0.527. The van der Waals surface area contributed by atoms with Gasteiger partial charge in [0.05, 0.1) is 0 Å². The molecular weight excluding hydrogens is 190 g/mol. The number of aryl methyl sites for hydroxylation is 1. The van der Waals surface area contributed by atoms with Crippen molar-refractivity contribution in [3.63, 3.8) is 0 Å². The molecule has 0 saturated heterocycles. The van der Waals surface area contributed by atoms with Crippen LogP contribution in [0.15, 0.2) is 12.3 Å². The van der Waals surface area contributed by atoms with Gasteiger partial charge in [-0.3, -0.25) is 9.48 Å². The maximum Gasteiger partial charge on any atom is 0.386 e. The highest BCUT2D eigenvalue weighted by Gasteiger charge is 2.37. The summed E-state index contributed by atoms with van der Waals surface area (Å²) in [5, 5.41) is -0.387. The van der Waals surface area contributed by atoms with E-state index < -0.39 is 11.2 Å². The minimum absolute atomic E-state index is 0.336. The van der Waals surface area contributed by atoms with Crippen molar-refractivity contribution in [1.29, 1.82) is 0 Å². The Balaban J connectivity index is 2.93. The van der Waals surface area contributed by atoms with Crippen LogP contribution in [0.1, 0.15) is 10.5 Å². The lowest BCUT2D eigenvalue weighted by atomic mass is 10.3. The average molecular weight is 195 g/mol.